The molecule has 0 saturated heterocycles. The van der Waals surface area contributed by atoms with Gasteiger partial charge in [0.05, 0.1) is 11.8 Å². The van der Waals surface area contributed by atoms with Gasteiger partial charge in [-0.25, -0.2) is 4.39 Å². The minimum Gasteiger partial charge on any atom is -0.338 e. The molecule has 0 radical (unpaired) electrons. The van der Waals surface area contributed by atoms with Gasteiger partial charge in [0.1, 0.15) is 11.6 Å². The third kappa shape index (κ3) is 4.34. The fourth-order valence-corrected chi connectivity index (χ4v) is 4.09. The molecule has 150 valence electrons. The molecular formula is C22H23FN4OS. The van der Waals surface area contributed by atoms with Gasteiger partial charge in [-0.1, -0.05) is 42.1 Å². The molecule has 1 amide bonds. The van der Waals surface area contributed by atoms with E-state index >= 15 is 0 Å². The predicted molar refractivity (Wildman–Crippen MR) is 112 cm³/mol. The molecule has 0 bridgehead atoms. The highest BCUT2D eigenvalue weighted by Crippen LogP contribution is 2.41. The lowest BCUT2D eigenvalue weighted by Gasteiger charge is -2.25. The molecule has 3 aromatic rings. The maximum atomic E-state index is 13.2. The second kappa shape index (κ2) is 8.37. The van der Waals surface area contributed by atoms with Crippen molar-refractivity contribution in [2.24, 2.45) is 0 Å². The van der Waals surface area contributed by atoms with Gasteiger partial charge in [0, 0.05) is 18.7 Å². The summed E-state index contributed by atoms with van der Waals surface area (Å²) in [6, 6.07) is 16.1. The molecule has 7 heteroatoms. The first-order valence-electron chi connectivity index (χ1n) is 9.69. The van der Waals surface area contributed by atoms with Crippen LogP contribution >= 0.6 is 11.8 Å². The van der Waals surface area contributed by atoms with Gasteiger partial charge in [0.15, 0.2) is 5.16 Å². The topological polar surface area (TPSA) is 51.0 Å². The zero-order valence-corrected chi connectivity index (χ0v) is 17.3. The molecule has 1 aliphatic carbocycles. The zero-order valence-electron chi connectivity index (χ0n) is 16.5. The average Bonchev–Trinajstić information content (AvgIpc) is 3.51. The highest BCUT2D eigenvalue weighted by atomic mass is 32.2. The van der Waals surface area contributed by atoms with Gasteiger partial charge in [-0.15, -0.1) is 10.2 Å². The number of carbonyl (C=O) groups excluding carboxylic acids is 1. The van der Waals surface area contributed by atoms with Gasteiger partial charge in [-0.05, 0) is 49.6 Å². The number of halogens is 1. The zero-order chi connectivity index (χ0) is 20.4. The number of carbonyl (C=O) groups is 1. The van der Waals surface area contributed by atoms with Crippen molar-refractivity contribution in [1.29, 1.82) is 0 Å². The molecule has 0 aliphatic heterocycles. The van der Waals surface area contributed by atoms with Crippen molar-refractivity contribution in [3.05, 3.63) is 71.8 Å². The molecule has 1 fully saturated rings. The third-order valence-electron chi connectivity index (χ3n) is 5.27. The Hall–Kier alpha value is -2.67. The number of rotatable bonds is 7. The second-order valence-corrected chi connectivity index (χ2v) is 8.25. The SMILES string of the molecule is CC(c1ccc(F)cc1)N(C)C(=O)CSc1nnc(C2CC2)n1-c1ccccc1. The summed E-state index contributed by atoms with van der Waals surface area (Å²) in [7, 11) is 1.77. The molecule has 29 heavy (non-hydrogen) atoms. The van der Waals surface area contributed by atoms with Crippen LogP contribution in [-0.2, 0) is 4.79 Å². The van der Waals surface area contributed by atoms with Gasteiger partial charge < -0.3 is 4.90 Å². The van der Waals surface area contributed by atoms with Crippen LogP contribution in [0.1, 0.15) is 43.1 Å². The summed E-state index contributed by atoms with van der Waals surface area (Å²) in [5.74, 6) is 1.39. The van der Waals surface area contributed by atoms with E-state index in [1.54, 1.807) is 24.1 Å². The van der Waals surface area contributed by atoms with E-state index < -0.39 is 0 Å². The first kappa shape index (κ1) is 19.6. The van der Waals surface area contributed by atoms with Gasteiger partial charge in [0.25, 0.3) is 0 Å². The normalized spacial score (nSPS) is 14.6. The molecule has 2 aromatic carbocycles. The summed E-state index contributed by atoms with van der Waals surface area (Å²) in [5.41, 5.74) is 1.91. The van der Waals surface area contributed by atoms with E-state index in [2.05, 4.69) is 14.8 Å². The number of para-hydroxylation sites is 1. The molecular weight excluding hydrogens is 387 g/mol. The van der Waals surface area contributed by atoms with Crippen molar-refractivity contribution >= 4 is 17.7 Å². The Morgan fingerprint density at radius 1 is 1.17 bits per heavy atom. The van der Waals surface area contributed by atoms with E-state index in [0.717, 1.165) is 35.1 Å². The summed E-state index contributed by atoms with van der Waals surface area (Å²) in [4.78, 5) is 14.5. The lowest BCUT2D eigenvalue weighted by atomic mass is 10.1. The predicted octanol–water partition coefficient (Wildman–Crippen LogP) is 4.60. The smallest absolute Gasteiger partial charge is 0.233 e. The van der Waals surface area contributed by atoms with Crippen LogP contribution in [0.5, 0.6) is 0 Å². The fourth-order valence-electron chi connectivity index (χ4n) is 3.21. The maximum Gasteiger partial charge on any atom is 0.233 e. The van der Waals surface area contributed by atoms with E-state index in [0.29, 0.717) is 5.92 Å². The lowest BCUT2D eigenvalue weighted by molar-refractivity contribution is -0.128. The van der Waals surface area contributed by atoms with E-state index in [1.165, 1.54) is 23.9 Å². The minimum atomic E-state index is -0.280. The maximum absolute atomic E-state index is 13.2. The van der Waals surface area contributed by atoms with E-state index in [9.17, 15) is 9.18 Å². The van der Waals surface area contributed by atoms with Crippen LogP contribution in [0.15, 0.2) is 59.8 Å². The van der Waals surface area contributed by atoms with Crippen LogP contribution in [0, 0.1) is 5.82 Å². The first-order valence-corrected chi connectivity index (χ1v) is 10.7. The number of hydrogen-bond donors (Lipinski definition) is 0. The molecule has 4 rings (SSSR count). The summed E-state index contributed by atoms with van der Waals surface area (Å²) in [6.07, 6.45) is 2.26. The van der Waals surface area contributed by atoms with E-state index in [1.807, 2.05) is 37.3 Å². The van der Waals surface area contributed by atoms with Crippen molar-refractivity contribution in [3.8, 4) is 5.69 Å². The molecule has 5 nitrogen and oxygen atoms in total. The summed E-state index contributed by atoms with van der Waals surface area (Å²) in [5, 5.41) is 9.49. The van der Waals surface area contributed by atoms with Crippen molar-refractivity contribution in [2.75, 3.05) is 12.8 Å². The molecule has 1 aliphatic rings. The van der Waals surface area contributed by atoms with Gasteiger partial charge >= 0.3 is 0 Å². The number of thioether (sulfide) groups is 1. The number of benzene rings is 2. The van der Waals surface area contributed by atoms with Crippen molar-refractivity contribution in [1.82, 2.24) is 19.7 Å². The highest BCUT2D eigenvalue weighted by molar-refractivity contribution is 7.99. The second-order valence-electron chi connectivity index (χ2n) is 7.31. The lowest BCUT2D eigenvalue weighted by Crippen LogP contribution is -2.31. The number of nitrogens with zero attached hydrogens (tertiary/aromatic N) is 4. The van der Waals surface area contributed by atoms with Gasteiger partial charge in [-0.3, -0.25) is 9.36 Å². The number of amides is 1. The van der Waals surface area contributed by atoms with Crippen LogP contribution < -0.4 is 0 Å². The molecule has 1 atom stereocenters. The molecule has 1 saturated carbocycles. The first-order chi connectivity index (χ1) is 14.0. The number of hydrogen-bond acceptors (Lipinski definition) is 4. The van der Waals surface area contributed by atoms with Crippen LogP contribution in [0.4, 0.5) is 4.39 Å². The number of aromatic nitrogens is 3. The summed E-state index contributed by atoms with van der Waals surface area (Å²) in [6.45, 7) is 1.94. The largest absolute Gasteiger partial charge is 0.338 e. The Morgan fingerprint density at radius 2 is 1.86 bits per heavy atom. The average molecular weight is 411 g/mol. The van der Waals surface area contributed by atoms with Crippen molar-refractivity contribution in [2.45, 2.75) is 36.9 Å². The highest BCUT2D eigenvalue weighted by Gasteiger charge is 2.31. The minimum absolute atomic E-state index is 0.0117. The van der Waals surface area contributed by atoms with Crippen molar-refractivity contribution < 1.29 is 9.18 Å². The monoisotopic (exact) mass is 410 g/mol. The Balaban J connectivity index is 1.47. The molecule has 0 N–H and O–H groups in total. The Morgan fingerprint density at radius 3 is 2.52 bits per heavy atom. The molecule has 0 spiro atoms. The van der Waals surface area contributed by atoms with E-state index in [4.69, 9.17) is 0 Å². The third-order valence-corrected chi connectivity index (χ3v) is 6.18. The van der Waals surface area contributed by atoms with E-state index in [-0.39, 0.29) is 23.5 Å². The molecule has 1 heterocycles. The van der Waals surface area contributed by atoms with Crippen LogP contribution in [0.25, 0.3) is 5.69 Å². The quantitative estimate of drug-likeness (QED) is 0.535. The van der Waals surface area contributed by atoms with Gasteiger partial charge in [0.2, 0.25) is 5.91 Å². The molecule has 1 unspecified atom stereocenters. The summed E-state index contributed by atoms with van der Waals surface area (Å²) >= 11 is 1.40. The van der Waals surface area contributed by atoms with Gasteiger partial charge in [-0.2, -0.15) is 0 Å². The standard InChI is InChI=1S/C22H23FN4OS/c1-15(16-10-12-18(23)13-11-16)26(2)20(28)14-29-22-25-24-21(17-8-9-17)27(22)19-6-4-3-5-7-19/h3-7,10-13,15,17H,8-9,14H2,1-2H3. The Kier molecular flexibility index (Phi) is 5.67. The Labute approximate surface area is 173 Å². The van der Waals surface area contributed by atoms with Crippen LogP contribution in [0.3, 0.4) is 0 Å². The van der Waals surface area contributed by atoms with Crippen molar-refractivity contribution in [3.63, 3.8) is 0 Å². The Bertz CT molecular complexity index is 986. The fraction of sp³-hybridized carbons (Fsp3) is 0.318. The van der Waals surface area contributed by atoms with Crippen LogP contribution in [-0.4, -0.2) is 38.4 Å². The van der Waals surface area contributed by atoms with Crippen LogP contribution in [0.2, 0.25) is 0 Å². The summed E-state index contributed by atoms with van der Waals surface area (Å²) < 4.78 is 15.2. The molecule has 1 aromatic heterocycles.